The summed E-state index contributed by atoms with van der Waals surface area (Å²) in [6.45, 7) is 0. The molecule has 0 saturated carbocycles. The van der Waals surface area contributed by atoms with Crippen LogP contribution in [-0.4, -0.2) is 7.11 Å². The third kappa shape index (κ3) is 2.83. The molecule has 0 spiro atoms. The van der Waals surface area contributed by atoms with E-state index in [1.807, 2.05) is 24.3 Å². The molecule has 0 heterocycles. The van der Waals surface area contributed by atoms with E-state index in [2.05, 4.69) is 0 Å². The van der Waals surface area contributed by atoms with Crippen molar-refractivity contribution in [2.45, 2.75) is 6.42 Å². The lowest BCUT2D eigenvalue weighted by Crippen LogP contribution is -1.89. The molecule has 72 valence electrons. The molecule has 1 aromatic rings. The smallest absolute Gasteiger partial charge is 0.121 e. The van der Waals surface area contributed by atoms with Gasteiger partial charge in [0.2, 0.25) is 0 Å². The van der Waals surface area contributed by atoms with Crippen LogP contribution in [-0.2, 0) is 0 Å². The van der Waals surface area contributed by atoms with Gasteiger partial charge in [0.25, 0.3) is 0 Å². The van der Waals surface area contributed by atoms with Crippen molar-refractivity contribution in [2.75, 3.05) is 12.8 Å². The molecule has 1 aromatic carbocycles. The van der Waals surface area contributed by atoms with E-state index >= 15 is 0 Å². The molecule has 0 fully saturated rings. The normalized spacial score (nSPS) is 10.0. The fraction of sp³-hybridized carbons (Fsp3) is 0.182. The standard InChI is InChI=1S/C11H12N2O/c1-14-11-7-9(4-2-3-5-12)6-10(13)8-11/h2,4,6-8H,3,13H2,1H3. The van der Waals surface area contributed by atoms with Gasteiger partial charge in [-0.05, 0) is 17.7 Å². The second-order valence-corrected chi connectivity index (χ2v) is 2.80. The average molecular weight is 188 g/mol. The summed E-state index contributed by atoms with van der Waals surface area (Å²) >= 11 is 0. The number of benzene rings is 1. The van der Waals surface area contributed by atoms with Gasteiger partial charge in [-0.2, -0.15) is 5.26 Å². The molecule has 3 nitrogen and oxygen atoms in total. The molecule has 0 unspecified atom stereocenters. The Balaban J connectivity index is 2.87. The van der Waals surface area contributed by atoms with Crippen LogP contribution in [0.2, 0.25) is 0 Å². The van der Waals surface area contributed by atoms with Crippen LogP contribution in [0.1, 0.15) is 12.0 Å². The fourth-order valence-electron chi connectivity index (χ4n) is 1.11. The molecule has 0 aromatic heterocycles. The Bertz CT molecular complexity index is 377. The molecule has 0 aliphatic heterocycles. The molecule has 0 amide bonds. The van der Waals surface area contributed by atoms with Crippen LogP contribution in [0.4, 0.5) is 5.69 Å². The number of allylic oxidation sites excluding steroid dienone is 1. The van der Waals surface area contributed by atoms with E-state index in [1.165, 1.54) is 0 Å². The summed E-state index contributed by atoms with van der Waals surface area (Å²) < 4.78 is 5.06. The van der Waals surface area contributed by atoms with Gasteiger partial charge in [0.1, 0.15) is 5.75 Å². The van der Waals surface area contributed by atoms with Gasteiger partial charge < -0.3 is 10.5 Å². The number of nitriles is 1. The fourth-order valence-corrected chi connectivity index (χ4v) is 1.11. The number of anilines is 1. The first-order chi connectivity index (χ1) is 6.76. The number of hydrogen-bond donors (Lipinski definition) is 1. The molecular weight excluding hydrogens is 176 g/mol. The summed E-state index contributed by atoms with van der Waals surface area (Å²) in [4.78, 5) is 0. The SMILES string of the molecule is COc1cc(N)cc(C=CCC#N)c1. The molecule has 0 saturated heterocycles. The van der Waals surface area contributed by atoms with Crippen LogP contribution in [0.5, 0.6) is 5.75 Å². The quantitative estimate of drug-likeness (QED) is 0.740. The zero-order valence-corrected chi connectivity index (χ0v) is 8.03. The van der Waals surface area contributed by atoms with Gasteiger partial charge in [0, 0.05) is 11.8 Å². The Kier molecular flexibility index (Phi) is 3.57. The highest BCUT2D eigenvalue weighted by atomic mass is 16.5. The predicted octanol–water partition coefficient (Wildman–Crippen LogP) is 2.20. The van der Waals surface area contributed by atoms with E-state index in [0.29, 0.717) is 12.1 Å². The zero-order chi connectivity index (χ0) is 10.4. The topological polar surface area (TPSA) is 59.0 Å². The molecule has 2 N–H and O–H groups in total. The van der Waals surface area contributed by atoms with Crippen molar-refractivity contribution >= 4 is 11.8 Å². The minimum absolute atomic E-state index is 0.400. The molecule has 0 aliphatic rings. The molecule has 3 heteroatoms. The first-order valence-corrected chi connectivity index (χ1v) is 4.24. The molecular formula is C11H12N2O. The molecule has 0 radical (unpaired) electrons. The van der Waals surface area contributed by atoms with Gasteiger partial charge in [-0.3, -0.25) is 0 Å². The van der Waals surface area contributed by atoms with Gasteiger partial charge in [-0.1, -0.05) is 12.2 Å². The number of nitrogen functional groups attached to an aromatic ring is 1. The predicted molar refractivity (Wildman–Crippen MR) is 56.7 cm³/mol. The van der Waals surface area contributed by atoms with Gasteiger partial charge in [0.05, 0.1) is 19.6 Å². The van der Waals surface area contributed by atoms with Crippen molar-refractivity contribution in [3.63, 3.8) is 0 Å². The number of ether oxygens (including phenoxy) is 1. The number of methoxy groups -OCH3 is 1. The second kappa shape index (κ2) is 4.93. The molecule has 0 atom stereocenters. The maximum Gasteiger partial charge on any atom is 0.121 e. The largest absolute Gasteiger partial charge is 0.497 e. The monoisotopic (exact) mass is 188 g/mol. The van der Waals surface area contributed by atoms with E-state index in [4.69, 9.17) is 15.7 Å². The van der Waals surface area contributed by atoms with E-state index < -0.39 is 0 Å². The van der Waals surface area contributed by atoms with Crippen molar-refractivity contribution in [2.24, 2.45) is 0 Å². The highest BCUT2D eigenvalue weighted by molar-refractivity contribution is 5.59. The number of nitrogens with zero attached hydrogens (tertiary/aromatic N) is 1. The molecule has 0 bridgehead atoms. The first kappa shape index (κ1) is 10.1. The maximum atomic E-state index is 8.35. The molecule has 1 rings (SSSR count). The molecule has 0 aliphatic carbocycles. The zero-order valence-electron chi connectivity index (χ0n) is 8.03. The van der Waals surface area contributed by atoms with Crippen LogP contribution in [0.15, 0.2) is 24.3 Å². The van der Waals surface area contributed by atoms with Crippen LogP contribution < -0.4 is 10.5 Å². The Labute approximate surface area is 83.4 Å². The minimum atomic E-state index is 0.400. The molecule has 14 heavy (non-hydrogen) atoms. The first-order valence-electron chi connectivity index (χ1n) is 4.24. The van der Waals surface area contributed by atoms with Gasteiger partial charge in [-0.15, -0.1) is 0 Å². The van der Waals surface area contributed by atoms with Crippen molar-refractivity contribution in [1.29, 1.82) is 5.26 Å². The summed E-state index contributed by atoms with van der Waals surface area (Å²) in [6, 6.07) is 7.48. The third-order valence-corrected chi connectivity index (χ3v) is 1.71. The van der Waals surface area contributed by atoms with E-state index in [-0.39, 0.29) is 0 Å². The summed E-state index contributed by atoms with van der Waals surface area (Å²) in [5.74, 6) is 0.724. The lowest BCUT2D eigenvalue weighted by atomic mass is 10.1. The van der Waals surface area contributed by atoms with Crippen molar-refractivity contribution < 1.29 is 4.74 Å². The van der Waals surface area contributed by atoms with E-state index in [1.54, 1.807) is 19.3 Å². The van der Waals surface area contributed by atoms with Gasteiger partial charge >= 0.3 is 0 Å². The Hall–Kier alpha value is -1.95. The number of hydrogen-bond acceptors (Lipinski definition) is 3. The summed E-state index contributed by atoms with van der Waals surface area (Å²) in [5, 5.41) is 8.35. The maximum absolute atomic E-state index is 8.35. The van der Waals surface area contributed by atoms with Crippen molar-refractivity contribution in [3.05, 3.63) is 29.8 Å². The number of rotatable bonds is 3. The van der Waals surface area contributed by atoms with E-state index in [9.17, 15) is 0 Å². The minimum Gasteiger partial charge on any atom is -0.497 e. The Morgan fingerprint density at radius 2 is 2.29 bits per heavy atom. The number of nitrogens with two attached hydrogens (primary N) is 1. The lowest BCUT2D eigenvalue weighted by Gasteiger charge is -2.02. The summed E-state index contributed by atoms with van der Waals surface area (Å²) in [5.41, 5.74) is 7.26. The summed E-state index contributed by atoms with van der Waals surface area (Å²) in [6.07, 6.45) is 4.04. The third-order valence-electron chi connectivity index (χ3n) is 1.71. The second-order valence-electron chi connectivity index (χ2n) is 2.80. The average Bonchev–Trinajstić information content (AvgIpc) is 2.17. The lowest BCUT2D eigenvalue weighted by molar-refractivity contribution is 0.415. The van der Waals surface area contributed by atoms with E-state index in [0.717, 1.165) is 11.3 Å². The van der Waals surface area contributed by atoms with Crippen molar-refractivity contribution in [3.8, 4) is 11.8 Å². The summed E-state index contributed by atoms with van der Waals surface area (Å²) in [7, 11) is 1.59. The van der Waals surface area contributed by atoms with Crippen LogP contribution >= 0.6 is 0 Å². The Morgan fingerprint density at radius 1 is 1.50 bits per heavy atom. The Morgan fingerprint density at radius 3 is 2.93 bits per heavy atom. The highest BCUT2D eigenvalue weighted by Gasteiger charge is 1.95. The highest BCUT2D eigenvalue weighted by Crippen LogP contribution is 2.19. The van der Waals surface area contributed by atoms with Gasteiger partial charge in [-0.25, -0.2) is 0 Å². The van der Waals surface area contributed by atoms with Crippen LogP contribution in [0.25, 0.3) is 6.08 Å². The van der Waals surface area contributed by atoms with Crippen molar-refractivity contribution in [1.82, 2.24) is 0 Å². The van der Waals surface area contributed by atoms with Crippen LogP contribution in [0.3, 0.4) is 0 Å². The van der Waals surface area contributed by atoms with Crippen LogP contribution in [0, 0.1) is 11.3 Å². The van der Waals surface area contributed by atoms with Gasteiger partial charge in [0.15, 0.2) is 0 Å².